The summed E-state index contributed by atoms with van der Waals surface area (Å²) in [5.41, 5.74) is 1.25. The minimum atomic E-state index is 0.127. The molecule has 1 rings (SSSR count). The number of carbonyl (C=O) groups excluding carboxylic acids is 1. The Bertz CT molecular complexity index is 289. The van der Waals surface area contributed by atoms with Crippen molar-refractivity contribution in [2.45, 2.75) is 33.1 Å². The minimum Gasteiger partial charge on any atom is -0.299 e. The Morgan fingerprint density at radius 1 is 1.21 bits per heavy atom. The van der Waals surface area contributed by atoms with Gasteiger partial charge in [-0.1, -0.05) is 51.1 Å². The van der Waals surface area contributed by atoms with Crippen LogP contribution in [0.15, 0.2) is 30.3 Å². The van der Waals surface area contributed by atoms with Gasteiger partial charge in [-0.2, -0.15) is 0 Å². The van der Waals surface area contributed by atoms with Crippen molar-refractivity contribution in [3.8, 4) is 0 Å². The summed E-state index contributed by atoms with van der Waals surface area (Å²) in [5.74, 6) is 0.799. The summed E-state index contributed by atoms with van der Waals surface area (Å²) in [5, 5.41) is 0. The van der Waals surface area contributed by atoms with E-state index in [0.717, 1.165) is 0 Å². The quantitative estimate of drug-likeness (QED) is 0.711. The molecule has 2 unspecified atom stereocenters. The molecule has 0 amide bonds. The summed E-state index contributed by atoms with van der Waals surface area (Å²) in [6.07, 6.45) is 0.637. The monoisotopic (exact) mass is 190 g/mol. The molecule has 0 aliphatic carbocycles. The maximum Gasteiger partial charge on any atom is 0.136 e. The Morgan fingerprint density at radius 2 is 1.79 bits per heavy atom. The molecule has 1 aromatic rings. The molecular weight excluding hydrogens is 172 g/mol. The fourth-order valence-corrected chi connectivity index (χ4v) is 1.65. The average Bonchev–Trinajstić information content (AvgIpc) is 2.27. The number of benzene rings is 1. The van der Waals surface area contributed by atoms with E-state index in [1.807, 2.05) is 32.0 Å². The molecule has 0 spiro atoms. The van der Waals surface area contributed by atoms with Crippen LogP contribution in [0.1, 0.15) is 38.7 Å². The van der Waals surface area contributed by atoms with E-state index in [9.17, 15) is 4.79 Å². The van der Waals surface area contributed by atoms with Crippen LogP contribution in [0.3, 0.4) is 0 Å². The molecule has 0 N–H and O–H groups in total. The first kappa shape index (κ1) is 11.0. The SMILES string of the molecule is CCC(=O)C(C)C(C)c1ccccc1. The Morgan fingerprint density at radius 3 is 2.29 bits per heavy atom. The van der Waals surface area contributed by atoms with Crippen LogP contribution < -0.4 is 0 Å². The van der Waals surface area contributed by atoms with Gasteiger partial charge in [0.1, 0.15) is 5.78 Å². The van der Waals surface area contributed by atoms with Gasteiger partial charge in [0.2, 0.25) is 0 Å². The van der Waals surface area contributed by atoms with E-state index in [2.05, 4.69) is 19.1 Å². The van der Waals surface area contributed by atoms with Crippen molar-refractivity contribution in [1.29, 1.82) is 0 Å². The van der Waals surface area contributed by atoms with E-state index in [1.165, 1.54) is 5.56 Å². The van der Waals surface area contributed by atoms with Crippen molar-refractivity contribution in [1.82, 2.24) is 0 Å². The predicted molar refractivity (Wildman–Crippen MR) is 59.3 cm³/mol. The first-order valence-corrected chi connectivity index (χ1v) is 5.24. The van der Waals surface area contributed by atoms with Crippen molar-refractivity contribution < 1.29 is 4.79 Å². The third kappa shape index (κ3) is 2.44. The zero-order valence-corrected chi connectivity index (χ0v) is 9.16. The maximum absolute atomic E-state index is 11.5. The number of Topliss-reactive ketones (excluding diaryl/α,β-unsaturated/α-hetero) is 1. The highest BCUT2D eigenvalue weighted by atomic mass is 16.1. The summed E-state index contributed by atoms with van der Waals surface area (Å²) in [6.45, 7) is 6.06. The second-order valence-corrected chi connectivity index (χ2v) is 3.81. The fraction of sp³-hybridized carbons (Fsp3) is 0.462. The van der Waals surface area contributed by atoms with Gasteiger partial charge in [-0.3, -0.25) is 4.79 Å². The van der Waals surface area contributed by atoms with Crippen molar-refractivity contribution in [3.05, 3.63) is 35.9 Å². The molecule has 0 saturated carbocycles. The molecule has 0 heterocycles. The molecule has 0 aromatic heterocycles. The first-order valence-electron chi connectivity index (χ1n) is 5.24. The Balaban J connectivity index is 2.75. The highest BCUT2D eigenvalue weighted by Crippen LogP contribution is 2.24. The molecule has 0 bridgehead atoms. The second kappa shape index (κ2) is 4.94. The van der Waals surface area contributed by atoms with Crippen LogP contribution in [0, 0.1) is 5.92 Å². The van der Waals surface area contributed by atoms with Gasteiger partial charge in [0.05, 0.1) is 0 Å². The molecule has 1 aromatic carbocycles. The first-order chi connectivity index (χ1) is 6.66. The van der Waals surface area contributed by atoms with E-state index >= 15 is 0 Å². The van der Waals surface area contributed by atoms with Gasteiger partial charge in [-0.05, 0) is 11.5 Å². The summed E-state index contributed by atoms with van der Waals surface area (Å²) >= 11 is 0. The number of hydrogen-bond donors (Lipinski definition) is 0. The smallest absolute Gasteiger partial charge is 0.136 e. The van der Waals surface area contributed by atoms with Gasteiger partial charge in [-0.15, -0.1) is 0 Å². The second-order valence-electron chi connectivity index (χ2n) is 3.81. The zero-order chi connectivity index (χ0) is 10.6. The topological polar surface area (TPSA) is 17.1 Å². The summed E-state index contributed by atoms with van der Waals surface area (Å²) < 4.78 is 0. The van der Waals surface area contributed by atoms with Gasteiger partial charge < -0.3 is 0 Å². The van der Waals surface area contributed by atoms with Crippen molar-refractivity contribution in [2.75, 3.05) is 0 Å². The summed E-state index contributed by atoms with van der Waals surface area (Å²) in [4.78, 5) is 11.5. The average molecular weight is 190 g/mol. The zero-order valence-electron chi connectivity index (χ0n) is 9.16. The normalized spacial score (nSPS) is 14.8. The molecule has 0 aliphatic heterocycles. The van der Waals surface area contributed by atoms with Crippen LogP contribution >= 0.6 is 0 Å². The van der Waals surface area contributed by atoms with Crippen molar-refractivity contribution in [2.24, 2.45) is 5.92 Å². The van der Waals surface area contributed by atoms with Gasteiger partial charge in [0, 0.05) is 12.3 Å². The van der Waals surface area contributed by atoms with Crippen LogP contribution in [0.2, 0.25) is 0 Å². The Kier molecular flexibility index (Phi) is 3.87. The highest BCUT2D eigenvalue weighted by molar-refractivity contribution is 5.81. The molecule has 1 nitrogen and oxygen atoms in total. The number of rotatable bonds is 4. The number of hydrogen-bond acceptors (Lipinski definition) is 1. The largest absolute Gasteiger partial charge is 0.299 e. The van der Waals surface area contributed by atoms with E-state index in [0.29, 0.717) is 18.1 Å². The summed E-state index contributed by atoms with van der Waals surface area (Å²) in [6, 6.07) is 10.2. The van der Waals surface area contributed by atoms with Gasteiger partial charge in [-0.25, -0.2) is 0 Å². The Labute approximate surface area is 86.1 Å². The lowest BCUT2D eigenvalue weighted by atomic mass is 9.85. The third-order valence-electron chi connectivity index (χ3n) is 2.93. The molecule has 0 saturated heterocycles. The van der Waals surface area contributed by atoms with E-state index in [4.69, 9.17) is 0 Å². The van der Waals surface area contributed by atoms with Crippen LogP contribution in [0.5, 0.6) is 0 Å². The van der Waals surface area contributed by atoms with Crippen LogP contribution in [0.4, 0.5) is 0 Å². The van der Waals surface area contributed by atoms with E-state index in [-0.39, 0.29) is 5.92 Å². The lowest BCUT2D eigenvalue weighted by molar-refractivity contribution is -0.122. The molecule has 1 heteroatoms. The molecule has 0 fully saturated rings. The lowest BCUT2D eigenvalue weighted by Crippen LogP contribution is -2.16. The molecule has 0 aliphatic rings. The lowest BCUT2D eigenvalue weighted by Gasteiger charge is -2.18. The number of carbonyl (C=O) groups is 1. The molecule has 2 atom stereocenters. The molecule has 76 valence electrons. The molecule has 0 radical (unpaired) electrons. The van der Waals surface area contributed by atoms with E-state index < -0.39 is 0 Å². The van der Waals surface area contributed by atoms with Gasteiger partial charge in [0.15, 0.2) is 0 Å². The van der Waals surface area contributed by atoms with Crippen molar-refractivity contribution >= 4 is 5.78 Å². The minimum absolute atomic E-state index is 0.127. The van der Waals surface area contributed by atoms with Crippen LogP contribution in [-0.4, -0.2) is 5.78 Å². The highest BCUT2D eigenvalue weighted by Gasteiger charge is 2.19. The Hall–Kier alpha value is -1.11. The van der Waals surface area contributed by atoms with Crippen LogP contribution in [0.25, 0.3) is 0 Å². The maximum atomic E-state index is 11.5. The standard InChI is InChI=1S/C13H18O/c1-4-13(14)11(3)10(2)12-8-6-5-7-9-12/h5-11H,4H2,1-3H3. The fourth-order valence-electron chi connectivity index (χ4n) is 1.65. The predicted octanol–water partition coefficient (Wildman–Crippen LogP) is 3.41. The van der Waals surface area contributed by atoms with E-state index in [1.54, 1.807) is 0 Å². The summed E-state index contributed by atoms with van der Waals surface area (Å²) in [7, 11) is 0. The van der Waals surface area contributed by atoms with Crippen molar-refractivity contribution in [3.63, 3.8) is 0 Å². The third-order valence-corrected chi connectivity index (χ3v) is 2.93. The van der Waals surface area contributed by atoms with Gasteiger partial charge in [0.25, 0.3) is 0 Å². The molecular formula is C13H18O. The van der Waals surface area contributed by atoms with Gasteiger partial charge >= 0.3 is 0 Å². The van der Waals surface area contributed by atoms with Crippen LogP contribution in [-0.2, 0) is 4.79 Å². The number of ketones is 1. The molecule has 14 heavy (non-hydrogen) atoms.